The van der Waals surface area contributed by atoms with Gasteiger partial charge in [-0.15, -0.1) is 0 Å². The van der Waals surface area contributed by atoms with Gasteiger partial charge in [0, 0.05) is 6.20 Å². The van der Waals surface area contributed by atoms with Gasteiger partial charge in [-0.2, -0.15) is 5.26 Å². The lowest BCUT2D eigenvalue weighted by molar-refractivity contribution is 0.0763. The lowest BCUT2D eigenvalue weighted by Gasteiger charge is -2.27. The van der Waals surface area contributed by atoms with Gasteiger partial charge < -0.3 is 4.42 Å². The molecule has 1 atom stereocenters. The minimum Gasteiger partial charge on any atom is -0.459 e. The molecule has 0 aliphatic carbocycles. The van der Waals surface area contributed by atoms with Crippen molar-refractivity contribution < 1.29 is 9.21 Å². The van der Waals surface area contributed by atoms with Crippen molar-refractivity contribution in [3.63, 3.8) is 0 Å². The zero-order valence-electron chi connectivity index (χ0n) is 9.98. The Morgan fingerprint density at radius 2 is 2.11 bits per heavy atom. The van der Waals surface area contributed by atoms with E-state index in [1.54, 1.807) is 18.3 Å². The number of hydrogen-bond acceptors (Lipinski definition) is 3. The third-order valence-corrected chi connectivity index (χ3v) is 3.07. The third kappa shape index (κ3) is 1.81. The number of amides is 1. The van der Waals surface area contributed by atoms with E-state index in [-0.39, 0.29) is 11.7 Å². The number of benzene rings is 1. The Labute approximate surface area is 110 Å². The van der Waals surface area contributed by atoms with Crippen LogP contribution < -0.4 is 0 Å². The van der Waals surface area contributed by atoms with Gasteiger partial charge in [-0.1, -0.05) is 24.3 Å². The van der Waals surface area contributed by atoms with Crippen molar-refractivity contribution in [1.29, 1.82) is 5.26 Å². The fourth-order valence-corrected chi connectivity index (χ4v) is 2.15. The Morgan fingerprint density at radius 1 is 1.26 bits per heavy atom. The van der Waals surface area contributed by atoms with E-state index in [9.17, 15) is 10.1 Å². The zero-order valence-corrected chi connectivity index (χ0v) is 9.98. The second-order valence-electron chi connectivity index (χ2n) is 4.17. The third-order valence-electron chi connectivity index (χ3n) is 3.07. The highest BCUT2D eigenvalue weighted by Gasteiger charge is 2.29. The summed E-state index contributed by atoms with van der Waals surface area (Å²) in [5.74, 6) is -0.0911. The van der Waals surface area contributed by atoms with Crippen molar-refractivity contribution in [2.75, 3.05) is 0 Å². The monoisotopic (exact) mass is 250 g/mol. The van der Waals surface area contributed by atoms with Crippen LogP contribution in [0.3, 0.4) is 0 Å². The molecule has 0 radical (unpaired) electrons. The van der Waals surface area contributed by atoms with Crippen molar-refractivity contribution >= 4 is 12.0 Å². The molecule has 0 bridgehead atoms. The summed E-state index contributed by atoms with van der Waals surface area (Å²) >= 11 is 0. The molecule has 3 rings (SSSR count). The van der Waals surface area contributed by atoms with Crippen LogP contribution in [0.5, 0.6) is 0 Å². The van der Waals surface area contributed by atoms with E-state index in [0.717, 1.165) is 11.1 Å². The van der Waals surface area contributed by atoms with Crippen LogP contribution in [0.1, 0.15) is 27.7 Å². The summed E-state index contributed by atoms with van der Waals surface area (Å²) in [4.78, 5) is 13.7. The quantitative estimate of drug-likeness (QED) is 0.781. The number of rotatable bonds is 1. The molecule has 1 aromatic carbocycles. The van der Waals surface area contributed by atoms with E-state index < -0.39 is 6.04 Å². The van der Waals surface area contributed by atoms with E-state index in [4.69, 9.17) is 4.42 Å². The molecular formula is C15H10N2O2. The number of nitrogens with zero attached hydrogens (tertiary/aromatic N) is 2. The maximum Gasteiger partial charge on any atom is 0.294 e. The SMILES string of the molecule is N#C[C@@H]1c2ccccc2C=CN1C(=O)c1ccco1. The van der Waals surface area contributed by atoms with E-state index in [0.29, 0.717) is 0 Å². The molecule has 1 amide bonds. The molecule has 4 heteroatoms. The van der Waals surface area contributed by atoms with Crippen LogP contribution in [0.4, 0.5) is 0 Å². The number of carbonyl (C=O) groups excluding carboxylic acids is 1. The summed E-state index contributed by atoms with van der Waals surface area (Å²) in [6.45, 7) is 0. The predicted octanol–water partition coefficient (Wildman–Crippen LogP) is 2.97. The van der Waals surface area contributed by atoms with Crippen LogP contribution in [0.15, 0.2) is 53.3 Å². The highest BCUT2D eigenvalue weighted by atomic mass is 16.3. The standard InChI is InChI=1S/C15H10N2O2/c16-10-13-12-5-2-1-4-11(12)7-8-17(13)15(18)14-6-3-9-19-14/h1-9,13H/t13-/m1/s1. The average Bonchev–Trinajstić information content (AvgIpc) is 2.99. The molecule has 0 spiro atoms. The molecule has 4 nitrogen and oxygen atoms in total. The Hall–Kier alpha value is -2.80. The van der Waals surface area contributed by atoms with Crippen molar-refractivity contribution in [2.24, 2.45) is 0 Å². The summed E-state index contributed by atoms with van der Waals surface area (Å²) in [5, 5.41) is 9.35. The first kappa shape index (κ1) is 11.3. The Balaban J connectivity index is 2.02. The highest BCUT2D eigenvalue weighted by Crippen LogP contribution is 2.30. The van der Waals surface area contributed by atoms with Gasteiger partial charge in [0.15, 0.2) is 5.76 Å². The molecule has 2 heterocycles. The number of carbonyl (C=O) groups is 1. The van der Waals surface area contributed by atoms with E-state index in [1.807, 2.05) is 30.3 Å². The molecule has 0 unspecified atom stereocenters. The van der Waals surface area contributed by atoms with Crippen molar-refractivity contribution in [1.82, 2.24) is 4.90 Å². The topological polar surface area (TPSA) is 57.2 Å². The molecule has 0 saturated carbocycles. The van der Waals surface area contributed by atoms with Gasteiger partial charge in [0.2, 0.25) is 0 Å². The minimum atomic E-state index is -0.626. The Kier molecular flexibility index (Phi) is 2.66. The molecule has 2 aromatic rings. The predicted molar refractivity (Wildman–Crippen MR) is 68.7 cm³/mol. The van der Waals surface area contributed by atoms with Gasteiger partial charge in [-0.3, -0.25) is 9.69 Å². The van der Waals surface area contributed by atoms with Crippen molar-refractivity contribution in [2.45, 2.75) is 6.04 Å². The van der Waals surface area contributed by atoms with E-state index in [2.05, 4.69) is 6.07 Å². The molecule has 1 aliphatic rings. The fourth-order valence-electron chi connectivity index (χ4n) is 2.15. The van der Waals surface area contributed by atoms with E-state index >= 15 is 0 Å². The molecule has 92 valence electrons. The van der Waals surface area contributed by atoms with Crippen LogP contribution >= 0.6 is 0 Å². The van der Waals surface area contributed by atoms with Gasteiger partial charge in [-0.25, -0.2) is 0 Å². The summed E-state index contributed by atoms with van der Waals surface area (Å²) in [6.07, 6.45) is 4.89. The Morgan fingerprint density at radius 3 is 2.84 bits per heavy atom. The summed E-state index contributed by atoms with van der Waals surface area (Å²) in [5.41, 5.74) is 1.78. The van der Waals surface area contributed by atoms with Crippen LogP contribution in [-0.2, 0) is 0 Å². The minimum absolute atomic E-state index is 0.226. The summed E-state index contributed by atoms with van der Waals surface area (Å²) < 4.78 is 5.09. The van der Waals surface area contributed by atoms with Gasteiger partial charge in [-0.05, 0) is 29.3 Å². The first-order valence-electron chi connectivity index (χ1n) is 5.84. The second kappa shape index (κ2) is 4.46. The van der Waals surface area contributed by atoms with Gasteiger partial charge in [0.05, 0.1) is 12.3 Å². The van der Waals surface area contributed by atoms with Gasteiger partial charge >= 0.3 is 0 Å². The van der Waals surface area contributed by atoms with E-state index in [1.165, 1.54) is 11.2 Å². The Bertz CT molecular complexity index is 680. The van der Waals surface area contributed by atoms with Crippen molar-refractivity contribution in [3.8, 4) is 6.07 Å². The van der Waals surface area contributed by atoms with Gasteiger partial charge in [0.25, 0.3) is 5.91 Å². The fraction of sp³-hybridized carbons (Fsp3) is 0.0667. The second-order valence-corrected chi connectivity index (χ2v) is 4.17. The van der Waals surface area contributed by atoms with Crippen molar-refractivity contribution in [3.05, 3.63) is 65.7 Å². The maximum absolute atomic E-state index is 12.3. The van der Waals surface area contributed by atoms with Crippen LogP contribution in [0.2, 0.25) is 0 Å². The molecule has 0 fully saturated rings. The maximum atomic E-state index is 12.3. The smallest absolute Gasteiger partial charge is 0.294 e. The normalized spacial score (nSPS) is 16.8. The average molecular weight is 250 g/mol. The lowest BCUT2D eigenvalue weighted by Crippen LogP contribution is -2.31. The number of nitriles is 1. The molecule has 1 aromatic heterocycles. The van der Waals surface area contributed by atoms with Crippen LogP contribution in [0, 0.1) is 11.3 Å². The first-order valence-corrected chi connectivity index (χ1v) is 5.84. The van der Waals surface area contributed by atoms with Crippen LogP contribution in [0.25, 0.3) is 6.08 Å². The van der Waals surface area contributed by atoms with Gasteiger partial charge in [0.1, 0.15) is 6.04 Å². The number of fused-ring (bicyclic) bond motifs is 1. The number of hydrogen-bond donors (Lipinski definition) is 0. The molecular weight excluding hydrogens is 240 g/mol. The van der Waals surface area contributed by atoms with Crippen LogP contribution in [-0.4, -0.2) is 10.8 Å². The highest BCUT2D eigenvalue weighted by molar-refractivity contribution is 5.93. The molecule has 0 saturated heterocycles. The molecule has 1 aliphatic heterocycles. The summed E-state index contributed by atoms with van der Waals surface area (Å²) in [6, 6.07) is 12.3. The first-order chi connectivity index (χ1) is 9.31. The molecule has 19 heavy (non-hydrogen) atoms. The lowest BCUT2D eigenvalue weighted by atomic mass is 9.97. The molecule has 0 N–H and O–H groups in total. The zero-order chi connectivity index (χ0) is 13.2. The summed E-state index contributed by atoms with van der Waals surface area (Å²) in [7, 11) is 0. The number of furan rings is 1. The largest absolute Gasteiger partial charge is 0.459 e.